The van der Waals surface area contributed by atoms with Crippen molar-refractivity contribution < 1.29 is 14.4 Å². The van der Waals surface area contributed by atoms with Crippen molar-refractivity contribution >= 4 is 87.6 Å². The zero-order chi connectivity index (χ0) is 32.0. The minimum absolute atomic E-state index is 0.00220. The average Bonchev–Trinajstić information content (AvgIpc) is 3.07. The van der Waals surface area contributed by atoms with Crippen molar-refractivity contribution in [1.82, 2.24) is 5.32 Å². The third kappa shape index (κ3) is 7.32. The van der Waals surface area contributed by atoms with E-state index >= 15 is 0 Å². The Morgan fingerprint density at radius 1 is 0.761 bits per heavy atom. The van der Waals surface area contributed by atoms with Crippen molar-refractivity contribution in [2.45, 2.75) is 14.7 Å². The average molecular weight is 683 g/mol. The first-order valence-corrected chi connectivity index (χ1v) is 16.7. The van der Waals surface area contributed by atoms with Gasteiger partial charge in [0.25, 0.3) is 11.8 Å². The molecule has 0 bridgehead atoms. The molecule has 0 radical (unpaired) electrons. The summed E-state index contributed by atoms with van der Waals surface area (Å²) >= 11 is 15.5. The van der Waals surface area contributed by atoms with Crippen molar-refractivity contribution in [3.05, 3.63) is 148 Å². The molecule has 0 saturated carbocycles. The summed E-state index contributed by atoms with van der Waals surface area (Å²) in [7, 11) is 0. The third-order valence-electron chi connectivity index (χ3n) is 6.95. The van der Waals surface area contributed by atoms with Crippen LogP contribution in [0.2, 0.25) is 10.0 Å². The van der Waals surface area contributed by atoms with Crippen molar-refractivity contribution in [3.63, 3.8) is 0 Å². The fourth-order valence-corrected chi connectivity index (χ4v) is 7.00. The maximum absolute atomic E-state index is 13.5. The molecule has 1 heterocycles. The number of anilines is 3. The minimum atomic E-state index is -0.536. The number of fused-ring (bicyclic) bond motifs is 2. The summed E-state index contributed by atoms with van der Waals surface area (Å²) < 4.78 is 0. The summed E-state index contributed by atoms with van der Waals surface area (Å²) in [4.78, 5) is 44.6. The zero-order valence-electron chi connectivity index (χ0n) is 24.1. The lowest BCUT2D eigenvalue weighted by Crippen LogP contribution is -2.30. The highest BCUT2D eigenvalue weighted by atomic mass is 35.5. The van der Waals surface area contributed by atoms with Crippen LogP contribution >= 0.6 is 46.7 Å². The molecule has 10 heteroatoms. The van der Waals surface area contributed by atoms with Gasteiger partial charge in [-0.3, -0.25) is 19.3 Å². The van der Waals surface area contributed by atoms with Crippen molar-refractivity contribution in [2.75, 3.05) is 16.0 Å². The molecule has 1 aliphatic rings. The van der Waals surface area contributed by atoms with Crippen LogP contribution in [0.4, 0.5) is 17.1 Å². The van der Waals surface area contributed by atoms with Gasteiger partial charge in [0.2, 0.25) is 5.91 Å². The Morgan fingerprint density at radius 2 is 1.39 bits per heavy atom. The second-order valence-corrected chi connectivity index (χ2v) is 13.1. The molecule has 5 aromatic carbocycles. The van der Waals surface area contributed by atoms with Crippen LogP contribution in [0.1, 0.15) is 15.9 Å². The standard InChI is InChI=1S/C36H25Cl2N3O3S2/c37-25-15-14-24(28(38)21-25)20-29(40-35(43)23-8-2-1-3-9-23)36(44)39-26-16-18-27(19-17-26)45-22-34(42)41-30-10-4-6-12-32(30)46-33-13-7-5-11-31(33)41/h1-21H,22H2,(H,39,44)(H,40,43)/b29-20-. The van der Waals surface area contributed by atoms with E-state index in [1.165, 1.54) is 17.8 Å². The van der Waals surface area contributed by atoms with Crippen molar-refractivity contribution in [2.24, 2.45) is 0 Å². The molecule has 0 unspecified atom stereocenters. The lowest BCUT2D eigenvalue weighted by molar-refractivity contribution is -0.115. The van der Waals surface area contributed by atoms with Crippen LogP contribution in [0.15, 0.2) is 142 Å². The topological polar surface area (TPSA) is 78.5 Å². The number of carbonyl (C=O) groups is 3. The van der Waals surface area contributed by atoms with E-state index in [9.17, 15) is 14.4 Å². The molecule has 0 fully saturated rings. The van der Waals surface area contributed by atoms with Gasteiger partial charge in [-0.1, -0.05) is 83.5 Å². The van der Waals surface area contributed by atoms with Crippen LogP contribution in [0, 0.1) is 0 Å². The summed E-state index contributed by atoms with van der Waals surface area (Å²) in [6.07, 6.45) is 1.50. The highest BCUT2D eigenvalue weighted by Gasteiger charge is 2.27. The van der Waals surface area contributed by atoms with Crippen LogP contribution in [-0.2, 0) is 9.59 Å². The number of nitrogens with zero attached hydrogens (tertiary/aromatic N) is 1. The molecule has 0 saturated heterocycles. The van der Waals surface area contributed by atoms with E-state index in [4.69, 9.17) is 23.2 Å². The fourth-order valence-electron chi connectivity index (χ4n) is 4.73. The molecule has 5 aromatic rings. The monoisotopic (exact) mass is 681 g/mol. The highest BCUT2D eigenvalue weighted by Crippen LogP contribution is 2.48. The van der Waals surface area contributed by atoms with E-state index in [0.717, 1.165) is 26.1 Å². The maximum atomic E-state index is 13.5. The second kappa shape index (κ2) is 14.3. The first-order chi connectivity index (χ1) is 22.4. The van der Waals surface area contributed by atoms with E-state index in [1.54, 1.807) is 77.3 Å². The smallest absolute Gasteiger partial charge is 0.272 e. The van der Waals surface area contributed by atoms with E-state index in [1.807, 2.05) is 60.7 Å². The molecule has 0 atom stereocenters. The van der Waals surface area contributed by atoms with Crippen LogP contribution < -0.4 is 15.5 Å². The highest BCUT2D eigenvalue weighted by molar-refractivity contribution is 8.00. The number of thioether (sulfide) groups is 1. The Kier molecular flexibility index (Phi) is 9.80. The number of hydrogen-bond acceptors (Lipinski definition) is 5. The minimum Gasteiger partial charge on any atom is -0.321 e. The summed E-state index contributed by atoms with van der Waals surface area (Å²) in [5.41, 5.74) is 3.17. The fraction of sp³-hybridized carbons (Fsp3) is 0.0278. The number of para-hydroxylation sites is 2. The molecule has 228 valence electrons. The number of rotatable bonds is 8. The molecule has 1 aliphatic heterocycles. The van der Waals surface area contributed by atoms with Gasteiger partial charge >= 0.3 is 0 Å². The Morgan fingerprint density at radius 3 is 2.04 bits per heavy atom. The quantitative estimate of drug-likeness (QED) is 0.126. The molecular formula is C36H25Cl2N3O3S2. The Bertz CT molecular complexity index is 1920. The van der Waals surface area contributed by atoms with E-state index in [-0.39, 0.29) is 17.4 Å². The van der Waals surface area contributed by atoms with Gasteiger partial charge in [-0.25, -0.2) is 0 Å². The molecule has 3 amide bonds. The van der Waals surface area contributed by atoms with Gasteiger partial charge in [0.05, 0.1) is 17.1 Å². The van der Waals surface area contributed by atoms with Crippen LogP contribution in [0.3, 0.4) is 0 Å². The summed E-state index contributed by atoms with van der Waals surface area (Å²) in [5.74, 6) is -0.793. The first-order valence-electron chi connectivity index (χ1n) is 14.1. The van der Waals surface area contributed by atoms with Gasteiger partial charge < -0.3 is 10.6 Å². The lowest BCUT2D eigenvalue weighted by Gasteiger charge is -2.31. The molecule has 46 heavy (non-hydrogen) atoms. The number of halogens is 2. The van der Waals surface area contributed by atoms with Gasteiger partial charge in [-0.05, 0) is 84.4 Å². The number of amides is 3. The third-order valence-corrected chi connectivity index (χ3v) is 9.64. The number of nitrogens with one attached hydrogen (secondary N) is 2. The van der Waals surface area contributed by atoms with Crippen LogP contribution in [-0.4, -0.2) is 23.5 Å². The summed E-state index contributed by atoms with van der Waals surface area (Å²) in [5, 5.41) is 6.32. The Balaban J connectivity index is 1.15. The molecule has 2 N–H and O–H groups in total. The van der Waals surface area contributed by atoms with Gasteiger partial charge in [0.1, 0.15) is 5.70 Å². The van der Waals surface area contributed by atoms with Gasteiger partial charge in [-0.2, -0.15) is 0 Å². The molecule has 0 aliphatic carbocycles. The van der Waals surface area contributed by atoms with E-state index in [2.05, 4.69) is 10.6 Å². The summed E-state index contributed by atoms with van der Waals surface area (Å²) in [6, 6.07) is 36.4. The number of carbonyl (C=O) groups excluding carboxylic acids is 3. The lowest BCUT2D eigenvalue weighted by atomic mass is 10.1. The molecule has 6 nitrogen and oxygen atoms in total. The largest absolute Gasteiger partial charge is 0.321 e. The number of benzene rings is 5. The zero-order valence-corrected chi connectivity index (χ0v) is 27.2. The summed E-state index contributed by atoms with van der Waals surface area (Å²) in [6.45, 7) is 0. The van der Waals surface area contributed by atoms with Gasteiger partial charge in [0, 0.05) is 36.0 Å². The normalized spacial score (nSPS) is 12.1. The predicted octanol–water partition coefficient (Wildman–Crippen LogP) is 9.32. The Hall–Kier alpha value is -4.47. The molecule has 0 spiro atoms. The van der Waals surface area contributed by atoms with Crippen LogP contribution in [0.25, 0.3) is 6.08 Å². The first kappa shape index (κ1) is 31.5. The molecule has 6 rings (SSSR count). The van der Waals surface area contributed by atoms with Gasteiger partial charge in [-0.15, -0.1) is 11.8 Å². The Labute approximate surface area is 284 Å². The maximum Gasteiger partial charge on any atom is 0.272 e. The number of hydrogen-bond donors (Lipinski definition) is 2. The predicted molar refractivity (Wildman–Crippen MR) is 188 cm³/mol. The van der Waals surface area contributed by atoms with E-state index in [0.29, 0.717) is 26.9 Å². The molecule has 0 aromatic heterocycles. The molecular weight excluding hydrogens is 657 g/mol. The van der Waals surface area contributed by atoms with Crippen molar-refractivity contribution in [1.29, 1.82) is 0 Å². The second-order valence-electron chi connectivity index (χ2n) is 10.1. The SMILES string of the molecule is O=C(Nc1ccc(SCC(=O)N2c3ccccc3Sc3ccccc32)cc1)/C(=C/c1ccc(Cl)cc1Cl)NC(=O)c1ccccc1. The van der Waals surface area contributed by atoms with E-state index < -0.39 is 11.8 Å². The van der Waals surface area contributed by atoms with Crippen LogP contribution in [0.5, 0.6) is 0 Å². The van der Waals surface area contributed by atoms with Crippen molar-refractivity contribution in [3.8, 4) is 0 Å². The van der Waals surface area contributed by atoms with Gasteiger partial charge in [0.15, 0.2) is 0 Å².